The summed E-state index contributed by atoms with van der Waals surface area (Å²) in [5.41, 5.74) is 0. The number of nitrogens with one attached hydrogen (secondary N) is 1. The van der Waals surface area contributed by atoms with E-state index in [1.54, 1.807) is 0 Å². The first kappa shape index (κ1) is 14.5. The quantitative estimate of drug-likeness (QED) is 0.776. The molecule has 1 aliphatic rings. The van der Waals surface area contributed by atoms with Crippen LogP contribution in [0.3, 0.4) is 0 Å². The highest BCUT2D eigenvalue weighted by molar-refractivity contribution is 5.86. The minimum atomic E-state index is -4.83. The Morgan fingerprint density at radius 1 is 1.44 bits per heavy atom. The Morgan fingerprint density at radius 2 is 2.11 bits per heavy atom. The molecular weight excluding hydrogens is 249 g/mol. The Hall–Kier alpha value is -1.53. The Bertz CT molecular complexity index is 342. The lowest BCUT2D eigenvalue weighted by molar-refractivity contribution is -0.187. The maximum atomic E-state index is 12.3. The molecule has 0 saturated carbocycles. The number of rotatable bonds is 3. The van der Waals surface area contributed by atoms with E-state index in [1.807, 2.05) is 0 Å². The first-order chi connectivity index (χ1) is 8.34. The zero-order chi connectivity index (χ0) is 13.8. The predicted molar refractivity (Wildman–Crippen MR) is 58.6 cm³/mol. The second-order valence-corrected chi connectivity index (χ2v) is 4.21. The molecule has 1 heterocycles. The highest BCUT2D eigenvalue weighted by Gasteiger charge is 2.43. The SMILES string of the molecule is C=CC(=O)NCC1CCCN(C(=O)C(F)(F)F)C1. The third kappa shape index (κ3) is 4.05. The fourth-order valence-corrected chi connectivity index (χ4v) is 1.91. The molecule has 1 aliphatic heterocycles. The Labute approximate surface area is 103 Å². The monoisotopic (exact) mass is 264 g/mol. The molecule has 1 saturated heterocycles. The molecule has 4 nitrogen and oxygen atoms in total. The van der Waals surface area contributed by atoms with Gasteiger partial charge in [0.2, 0.25) is 5.91 Å². The minimum Gasteiger partial charge on any atom is -0.352 e. The van der Waals surface area contributed by atoms with Gasteiger partial charge in [-0.15, -0.1) is 0 Å². The van der Waals surface area contributed by atoms with Gasteiger partial charge in [0.1, 0.15) is 0 Å². The van der Waals surface area contributed by atoms with Crippen LogP contribution in [0.4, 0.5) is 13.2 Å². The number of amides is 2. The smallest absolute Gasteiger partial charge is 0.352 e. The van der Waals surface area contributed by atoms with Crippen LogP contribution < -0.4 is 5.32 Å². The summed E-state index contributed by atoms with van der Waals surface area (Å²) in [5.74, 6) is -2.31. The van der Waals surface area contributed by atoms with Crippen molar-refractivity contribution in [2.75, 3.05) is 19.6 Å². The van der Waals surface area contributed by atoms with Crippen LogP contribution in [0.25, 0.3) is 0 Å². The molecule has 0 aromatic heterocycles. The van der Waals surface area contributed by atoms with Gasteiger partial charge in [-0.1, -0.05) is 6.58 Å². The van der Waals surface area contributed by atoms with E-state index in [2.05, 4.69) is 11.9 Å². The molecule has 1 fully saturated rings. The van der Waals surface area contributed by atoms with E-state index >= 15 is 0 Å². The number of likely N-dealkylation sites (tertiary alicyclic amines) is 1. The standard InChI is InChI=1S/C11H15F3N2O2/c1-2-9(17)15-6-8-4-3-5-16(7-8)10(18)11(12,13)14/h2,8H,1,3-7H2,(H,15,17). The van der Waals surface area contributed by atoms with Gasteiger partial charge in [-0.25, -0.2) is 0 Å². The van der Waals surface area contributed by atoms with E-state index in [0.29, 0.717) is 12.8 Å². The number of alkyl halides is 3. The zero-order valence-corrected chi connectivity index (χ0v) is 9.79. The molecule has 1 N–H and O–H groups in total. The Morgan fingerprint density at radius 3 is 2.67 bits per heavy atom. The third-order valence-corrected chi connectivity index (χ3v) is 2.80. The van der Waals surface area contributed by atoms with Gasteiger partial charge in [0.15, 0.2) is 0 Å². The fraction of sp³-hybridized carbons (Fsp3) is 0.636. The normalized spacial score (nSPS) is 20.4. The van der Waals surface area contributed by atoms with Crippen LogP contribution in [0, 0.1) is 5.92 Å². The van der Waals surface area contributed by atoms with Crippen LogP contribution in [0.5, 0.6) is 0 Å². The van der Waals surface area contributed by atoms with Crippen molar-refractivity contribution in [1.82, 2.24) is 10.2 Å². The highest BCUT2D eigenvalue weighted by Crippen LogP contribution is 2.23. The summed E-state index contributed by atoms with van der Waals surface area (Å²) in [6.45, 7) is 3.67. The predicted octanol–water partition coefficient (Wildman–Crippen LogP) is 1.09. The van der Waals surface area contributed by atoms with E-state index in [0.717, 1.165) is 11.0 Å². The van der Waals surface area contributed by atoms with Gasteiger partial charge in [0, 0.05) is 19.6 Å². The molecule has 7 heteroatoms. The van der Waals surface area contributed by atoms with E-state index in [1.165, 1.54) is 0 Å². The average molecular weight is 264 g/mol. The molecule has 0 aromatic rings. The molecule has 1 unspecified atom stereocenters. The van der Waals surface area contributed by atoms with E-state index in [4.69, 9.17) is 0 Å². The number of carbonyl (C=O) groups excluding carboxylic acids is 2. The average Bonchev–Trinajstić information content (AvgIpc) is 2.34. The van der Waals surface area contributed by atoms with E-state index in [9.17, 15) is 22.8 Å². The molecular formula is C11H15F3N2O2. The topological polar surface area (TPSA) is 49.4 Å². The van der Waals surface area contributed by atoms with Crippen LogP contribution >= 0.6 is 0 Å². The zero-order valence-electron chi connectivity index (χ0n) is 9.79. The van der Waals surface area contributed by atoms with Crippen molar-refractivity contribution >= 4 is 11.8 Å². The van der Waals surface area contributed by atoms with Gasteiger partial charge < -0.3 is 10.2 Å². The Kier molecular flexibility index (Phi) is 4.75. The molecule has 0 aromatic carbocycles. The molecule has 0 aliphatic carbocycles. The third-order valence-electron chi connectivity index (χ3n) is 2.80. The lowest BCUT2D eigenvalue weighted by Crippen LogP contribution is -2.48. The van der Waals surface area contributed by atoms with Crippen molar-refractivity contribution in [3.8, 4) is 0 Å². The van der Waals surface area contributed by atoms with Gasteiger partial charge in [-0.2, -0.15) is 13.2 Å². The second kappa shape index (κ2) is 5.88. The van der Waals surface area contributed by atoms with Crippen molar-refractivity contribution in [2.24, 2.45) is 5.92 Å². The van der Waals surface area contributed by atoms with Gasteiger partial charge in [0.25, 0.3) is 0 Å². The molecule has 102 valence electrons. The number of nitrogens with zero attached hydrogens (tertiary/aromatic N) is 1. The fourth-order valence-electron chi connectivity index (χ4n) is 1.91. The summed E-state index contributed by atoms with van der Waals surface area (Å²) in [6.07, 6.45) is -2.52. The maximum Gasteiger partial charge on any atom is 0.471 e. The summed E-state index contributed by atoms with van der Waals surface area (Å²) < 4.78 is 36.8. The molecule has 18 heavy (non-hydrogen) atoms. The van der Waals surface area contributed by atoms with Gasteiger partial charge in [-0.3, -0.25) is 9.59 Å². The first-order valence-corrected chi connectivity index (χ1v) is 5.61. The molecule has 2 amide bonds. The Balaban J connectivity index is 2.48. The van der Waals surface area contributed by atoms with Crippen molar-refractivity contribution in [3.63, 3.8) is 0 Å². The molecule has 0 spiro atoms. The summed E-state index contributed by atoms with van der Waals surface area (Å²) in [6, 6.07) is 0. The van der Waals surface area contributed by atoms with Crippen LogP contribution in [0.15, 0.2) is 12.7 Å². The molecule has 0 radical (unpaired) electrons. The highest BCUT2D eigenvalue weighted by atomic mass is 19.4. The summed E-state index contributed by atoms with van der Waals surface area (Å²) in [4.78, 5) is 22.8. The number of halogens is 3. The maximum absolute atomic E-state index is 12.3. The van der Waals surface area contributed by atoms with Crippen molar-refractivity contribution in [1.29, 1.82) is 0 Å². The van der Waals surface area contributed by atoms with Gasteiger partial charge in [0.05, 0.1) is 0 Å². The number of hydrogen-bond acceptors (Lipinski definition) is 2. The number of carbonyl (C=O) groups is 2. The van der Waals surface area contributed by atoms with Gasteiger partial charge >= 0.3 is 12.1 Å². The van der Waals surface area contributed by atoms with Crippen LogP contribution in [-0.4, -0.2) is 42.5 Å². The number of piperidine rings is 1. The largest absolute Gasteiger partial charge is 0.471 e. The van der Waals surface area contributed by atoms with E-state index in [-0.39, 0.29) is 31.5 Å². The van der Waals surface area contributed by atoms with Crippen LogP contribution in [-0.2, 0) is 9.59 Å². The summed E-state index contributed by atoms with van der Waals surface area (Å²) in [7, 11) is 0. The second-order valence-electron chi connectivity index (χ2n) is 4.21. The first-order valence-electron chi connectivity index (χ1n) is 5.61. The van der Waals surface area contributed by atoms with Crippen LogP contribution in [0.2, 0.25) is 0 Å². The van der Waals surface area contributed by atoms with Gasteiger partial charge in [-0.05, 0) is 24.8 Å². The molecule has 1 atom stereocenters. The van der Waals surface area contributed by atoms with Crippen molar-refractivity contribution in [3.05, 3.63) is 12.7 Å². The summed E-state index contributed by atoms with van der Waals surface area (Å²) in [5, 5.41) is 2.52. The number of hydrogen-bond donors (Lipinski definition) is 1. The molecule has 1 rings (SSSR count). The lowest BCUT2D eigenvalue weighted by atomic mass is 9.98. The minimum absolute atomic E-state index is 0.0236. The molecule has 0 bridgehead atoms. The van der Waals surface area contributed by atoms with Crippen molar-refractivity contribution < 1.29 is 22.8 Å². The van der Waals surface area contributed by atoms with E-state index < -0.39 is 12.1 Å². The lowest BCUT2D eigenvalue weighted by Gasteiger charge is -2.33. The van der Waals surface area contributed by atoms with Crippen LogP contribution in [0.1, 0.15) is 12.8 Å². The van der Waals surface area contributed by atoms with Crippen molar-refractivity contribution in [2.45, 2.75) is 19.0 Å². The summed E-state index contributed by atoms with van der Waals surface area (Å²) >= 11 is 0.